The van der Waals surface area contributed by atoms with Gasteiger partial charge in [0.05, 0.1) is 11.4 Å². The number of anilines is 1. The normalized spacial score (nSPS) is 12.8. The number of nitrogens with zero attached hydrogens (tertiary/aromatic N) is 2. The van der Waals surface area contributed by atoms with Gasteiger partial charge in [-0.05, 0) is 56.2 Å². The van der Waals surface area contributed by atoms with E-state index in [1.54, 1.807) is 23.5 Å². The standard InChI is InChI=1S/C21H26N2S2/c1-5-17(2)23(19-12-7-9-14-21(19)25-4)16-10-15-22-18-11-6-8-13-20(18)24-3/h6-17H,5H2,1-4H3. The predicted octanol–water partition coefficient (Wildman–Crippen LogP) is 6.65. The lowest BCUT2D eigenvalue weighted by Gasteiger charge is -2.28. The minimum atomic E-state index is 0.427. The molecular formula is C21H26N2S2. The summed E-state index contributed by atoms with van der Waals surface area (Å²) in [6.07, 6.45) is 11.3. The van der Waals surface area contributed by atoms with Crippen molar-refractivity contribution in [1.82, 2.24) is 0 Å². The Morgan fingerprint density at radius 2 is 1.64 bits per heavy atom. The van der Waals surface area contributed by atoms with E-state index in [0.717, 1.165) is 12.1 Å². The van der Waals surface area contributed by atoms with Crippen LogP contribution in [0.25, 0.3) is 0 Å². The highest BCUT2D eigenvalue weighted by atomic mass is 32.2. The lowest BCUT2D eigenvalue weighted by molar-refractivity contribution is 0.680. The number of rotatable bonds is 8. The van der Waals surface area contributed by atoms with Crippen molar-refractivity contribution in [2.24, 2.45) is 4.99 Å². The first-order valence-corrected chi connectivity index (χ1v) is 10.9. The molecule has 2 rings (SSSR count). The average molecular weight is 371 g/mol. The van der Waals surface area contributed by atoms with E-state index in [1.165, 1.54) is 15.5 Å². The van der Waals surface area contributed by atoms with Gasteiger partial charge in [0.2, 0.25) is 0 Å². The van der Waals surface area contributed by atoms with Gasteiger partial charge in [0.1, 0.15) is 0 Å². The van der Waals surface area contributed by atoms with E-state index in [2.05, 4.69) is 72.8 Å². The Bertz CT molecular complexity index is 725. The fourth-order valence-corrected chi connectivity index (χ4v) is 3.64. The molecule has 0 aliphatic heterocycles. The molecule has 0 heterocycles. The van der Waals surface area contributed by atoms with Crippen LogP contribution in [0.15, 0.2) is 75.6 Å². The van der Waals surface area contributed by atoms with Crippen LogP contribution in [0, 0.1) is 0 Å². The zero-order valence-electron chi connectivity index (χ0n) is 15.3. The minimum absolute atomic E-state index is 0.427. The summed E-state index contributed by atoms with van der Waals surface area (Å²) in [5.74, 6) is 0. The van der Waals surface area contributed by atoms with E-state index < -0.39 is 0 Å². The Morgan fingerprint density at radius 3 is 2.32 bits per heavy atom. The Hall–Kier alpha value is -1.65. The van der Waals surface area contributed by atoms with Gasteiger partial charge in [-0.1, -0.05) is 31.2 Å². The van der Waals surface area contributed by atoms with Crippen molar-refractivity contribution >= 4 is 41.1 Å². The van der Waals surface area contributed by atoms with Gasteiger partial charge in [0.15, 0.2) is 0 Å². The van der Waals surface area contributed by atoms with Gasteiger partial charge < -0.3 is 4.90 Å². The molecule has 2 aromatic carbocycles. The molecule has 0 fully saturated rings. The number of allylic oxidation sites excluding steroid dienone is 1. The molecule has 0 bridgehead atoms. The zero-order valence-corrected chi connectivity index (χ0v) is 17.0. The predicted molar refractivity (Wildman–Crippen MR) is 116 cm³/mol. The summed E-state index contributed by atoms with van der Waals surface area (Å²) in [4.78, 5) is 9.42. The summed E-state index contributed by atoms with van der Waals surface area (Å²) in [5.41, 5.74) is 2.26. The van der Waals surface area contributed by atoms with Crippen LogP contribution in [-0.4, -0.2) is 24.8 Å². The van der Waals surface area contributed by atoms with Crippen molar-refractivity contribution in [2.75, 3.05) is 17.4 Å². The van der Waals surface area contributed by atoms with E-state index in [9.17, 15) is 0 Å². The molecule has 132 valence electrons. The van der Waals surface area contributed by atoms with Crippen molar-refractivity contribution in [3.63, 3.8) is 0 Å². The molecule has 0 aliphatic carbocycles. The van der Waals surface area contributed by atoms with Gasteiger partial charge in [-0.3, -0.25) is 4.99 Å². The van der Waals surface area contributed by atoms with Crippen molar-refractivity contribution in [3.8, 4) is 0 Å². The van der Waals surface area contributed by atoms with Crippen LogP contribution in [0.3, 0.4) is 0 Å². The molecule has 0 spiro atoms. The molecule has 1 unspecified atom stereocenters. The number of para-hydroxylation sites is 2. The van der Waals surface area contributed by atoms with E-state index in [4.69, 9.17) is 0 Å². The van der Waals surface area contributed by atoms with Crippen LogP contribution in [0.5, 0.6) is 0 Å². The molecule has 0 radical (unpaired) electrons. The molecule has 0 amide bonds. The van der Waals surface area contributed by atoms with Crippen LogP contribution >= 0.6 is 23.5 Å². The van der Waals surface area contributed by atoms with Crippen molar-refractivity contribution in [3.05, 3.63) is 60.8 Å². The van der Waals surface area contributed by atoms with E-state index in [1.807, 2.05) is 30.5 Å². The van der Waals surface area contributed by atoms with Crippen molar-refractivity contribution in [1.29, 1.82) is 0 Å². The number of aliphatic imine (C=N–C) groups is 1. The fraction of sp³-hybridized carbons (Fsp3) is 0.286. The molecule has 2 aromatic rings. The Balaban J connectivity index is 2.22. The second-order valence-electron chi connectivity index (χ2n) is 5.63. The summed E-state index contributed by atoms with van der Waals surface area (Å²) in [6, 6.07) is 17.2. The third-order valence-electron chi connectivity index (χ3n) is 4.06. The molecule has 0 saturated heterocycles. The van der Waals surface area contributed by atoms with Crippen molar-refractivity contribution < 1.29 is 0 Å². The second kappa shape index (κ2) is 10.4. The van der Waals surface area contributed by atoms with Crippen LogP contribution < -0.4 is 4.90 Å². The van der Waals surface area contributed by atoms with Crippen LogP contribution in [0.2, 0.25) is 0 Å². The van der Waals surface area contributed by atoms with Gasteiger partial charge in [0, 0.05) is 28.2 Å². The molecular weight excluding hydrogens is 344 g/mol. The zero-order chi connectivity index (χ0) is 18.1. The molecule has 0 N–H and O–H groups in total. The molecule has 0 aromatic heterocycles. The van der Waals surface area contributed by atoms with E-state index in [-0.39, 0.29) is 0 Å². The van der Waals surface area contributed by atoms with Gasteiger partial charge in [0.25, 0.3) is 0 Å². The SMILES string of the molecule is CCC(C)N(C=CC=Nc1ccccc1SC)c1ccccc1SC. The lowest BCUT2D eigenvalue weighted by atomic mass is 10.2. The number of benzene rings is 2. The summed E-state index contributed by atoms with van der Waals surface area (Å²) in [7, 11) is 0. The number of hydrogen-bond donors (Lipinski definition) is 0. The largest absolute Gasteiger partial charge is 0.344 e. The average Bonchev–Trinajstić information content (AvgIpc) is 2.67. The first-order chi connectivity index (χ1) is 12.2. The first kappa shape index (κ1) is 19.7. The lowest BCUT2D eigenvalue weighted by Crippen LogP contribution is -2.27. The van der Waals surface area contributed by atoms with E-state index >= 15 is 0 Å². The third kappa shape index (κ3) is 5.41. The maximum atomic E-state index is 4.61. The van der Waals surface area contributed by atoms with Crippen LogP contribution in [0.4, 0.5) is 11.4 Å². The van der Waals surface area contributed by atoms with E-state index in [0.29, 0.717) is 6.04 Å². The Morgan fingerprint density at radius 1 is 1.00 bits per heavy atom. The Labute approximate surface area is 160 Å². The van der Waals surface area contributed by atoms with Crippen molar-refractivity contribution in [2.45, 2.75) is 36.1 Å². The monoisotopic (exact) mass is 370 g/mol. The topological polar surface area (TPSA) is 15.6 Å². The molecule has 1 atom stereocenters. The van der Waals surface area contributed by atoms with Gasteiger partial charge in [-0.25, -0.2) is 0 Å². The summed E-state index contributed by atoms with van der Waals surface area (Å²) in [6.45, 7) is 4.47. The van der Waals surface area contributed by atoms with Gasteiger partial charge in [-0.15, -0.1) is 23.5 Å². The molecule has 25 heavy (non-hydrogen) atoms. The van der Waals surface area contributed by atoms with Crippen LogP contribution in [-0.2, 0) is 0 Å². The number of hydrogen-bond acceptors (Lipinski definition) is 4. The highest BCUT2D eigenvalue weighted by molar-refractivity contribution is 7.99. The quantitative estimate of drug-likeness (QED) is 0.382. The summed E-state index contributed by atoms with van der Waals surface area (Å²) in [5, 5.41) is 0. The molecule has 0 saturated carbocycles. The third-order valence-corrected chi connectivity index (χ3v) is 5.63. The maximum Gasteiger partial charge on any atom is 0.0765 e. The highest BCUT2D eigenvalue weighted by Gasteiger charge is 2.13. The summed E-state index contributed by atoms with van der Waals surface area (Å²) >= 11 is 3.50. The number of thioether (sulfide) groups is 2. The smallest absolute Gasteiger partial charge is 0.0765 e. The molecule has 0 aliphatic rings. The minimum Gasteiger partial charge on any atom is -0.344 e. The maximum absolute atomic E-state index is 4.61. The second-order valence-corrected chi connectivity index (χ2v) is 7.32. The van der Waals surface area contributed by atoms with Gasteiger partial charge >= 0.3 is 0 Å². The van der Waals surface area contributed by atoms with Crippen LogP contribution in [0.1, 0.15) is 20.3 Å². The summed E-state index contributed by atoms with van der Waals surface area (Å²) < 4.78 is 0. The fourth-order valence-electron chi connectivity index (χ4n) is 2.50. The molecule has 2 nitrogen and oxygen atoms in total. The molecule has 4 heteroatoms. The first-order valence-electron chi connectivity index (χ1n) is 8.46. The Kier molecular flexibility index (Phi) is 8.16. The van der Waals surface area contributed by atoms with Gasteiger partial charge in [-0.2, -0.15) is 0 Å². The highest BCUT2D eigenvalue weighted by Crippen LogP contribution is 2.30.